The first-order chi connectivity index (χ1) is 14.2. The van der Waals surface area contributed by atoms with Crippen molar-refractivity contribution in [1.82, 2.24) is 15.6 Å². The number of hydrogen-bond donors (Lipinski definition) is 2. The SMILES string of the molecule is CN=C(NCc1ccnc(N2CCCCC2)c1)NCc1ccccc1OC(F)F.I. The zero-order chi connectivity index (χ0) is 20.5. The van der Waals surface area contributed by atoms with Crippen LogP contribution in [-0.2, 0) is 13.1 Å². The molecule has 1 saturated heterocycles. The van der Waals surface area contributed by atoms with Gasteiger partial charge in [-0.05, 0) is 43.0 Å². The summed E-state index contributed by atoms with van der Waals surface area (Å²) < 4.78 is 29.7. The molecule has 0 amide bonds. The number of rotatable bonds is 7. The third-order valence-corrected chi connectivity index (χ3v) is 4.81. The second kappa shape index (κ2) is 12.5. The van der Waals surface area contributed by atoms with Crippen LogP contribution in [0.1, 0.15) is 30.4 Å². The third-order valence-electron chi connectivity index (χ3n) is 4.81. The number of aromatic nitrogens is 1. The minimum absolute atomic E-state index is 0. The van der Waals surface area contributed by atoms with Gasteiger partial charge in [0, 0.05) is 45.0 Å². The van der Waals surface area contributed by atoms with Crippen LogP contribution in [-0.4, -0.2) is 37.7 Å². The molecule has 1 aliphatic rings. The maximum Gasteiger partial charge on any atom is 0.387 e. The van der Waals surface area contributed by atoms with Gasteiger partial charge in [0.1, 0.15) is 11.6 Å². The zero-order valence-electron chi connectivity index (χ0n) is 17.0. The van der Waals surface area contributed by atoms with E-state index >= 15 is 0 Å². The summed E-state index contributed by atoms with van der Waals surface area (Å²) in [7, 11) is 1.67. The van der Waals surface area contributed by atoms with Gasteiger partial charge in [0.15, 0.2) is 5.96 Å². The quantitative estimate of drug-likeness (QED) is 0.320. The normalized spacial score (nSPS) is 14.3. The molecule has 0 aliphatic carbocycles. The summed E-state index contributed by atoms with van der Waals surface area (Å²) in [5, 5.41) is 6.39. The first-order valence-corrected chi connectivity index (χ1v) is 9.83. The maximum absolute atomic E-state index is 12.6. The van der Waals surface area contributed by atoms with E-state index in [1.807, 2.05) is 12.3 Å². The molecule has 1 aromatic carbocycles. The van der Waals surface area contributed by atoms with Crippen molar-refractivity contribution in [3.63, 3.8) is 0 Å². The van der Waals surface area contributed by atoms with Gasteiger partial charge >= 0.3 is 6.61 Å². The van der Waals surface area contributed by atoms with Crippen LogP contribution in [0.25, 0.3) is 0 Å². The molecule has 164 valence electrons. The Kier molecular flexibility index (Phi) is 10.0. The van der Waals surface area contributed by atoms with E-state index in [1.165, 1.54) is 25.3 Å². The van der Waals surface area contributed by atoms with Gasteiger partial charge in [-0.1, -0.05) is 18.2 Å². The largest absolute Gasteiger partial charge is 0.434 e. The van der Waals surface area contributed by atoms with Gasteiger partial charge in [0.2, 0.25) is 0 Å². The molecule has 2 aromatic rings. The zero-order valence-corrected chi connectivity index (χ0v) is 19.3. The molecule has 0 saturated carbocycles. The number of aliphatic imine (C=N–C) groups is 1. The Morgan fingerprint density at radius 2 is 1.87 bits per heavy atom. The predicted molar refractivity (Wildman–Crippen MR) is 126 cm³/mol. The van der Waals surface area contributed by atoms with E-state index in [2.05, 4.69) is 36.3 Å². The summed E-state index contributed by atoms with van der Waals surface area (Å²) in [6, 6.07) is 10.8. The van der Waals surface area contributed by atoms with Gasteiger partial charge in [0.25, 0.3) is 0 Å². The highest BCUT2D eigenvalue weighted by molar-refractivity contribution is 14.0. The number of halogens is 3. The van der Waals surface area contributed by atoms with Gasteiger partial charge in [-0.3, -0.25) is 4.99 Å². The number of para-hydroxylation sites is 1. The fourth-order valence-electron chi connectivity index (χ4n) is 3.31. The van der Waals surface area contributed by atoms with E-state index in [-0.39, 0.29) is 29.7 Å². The molecule has 30 heavy (non-hydrogen) atoms. The number of nitrogens with zero attached hydrogens (tertiary/aromatic N) is 3. The number of alkyl halides is 2. The predicted octanol–water partition coefficient (Wildman–Crippen LogP) is 4.16. The number of nitrogens with one attached hydrogen (secondary N) is 2. The molecule has 0 bridgehead atoms. The molecule has 1 aliphatic heterocycles. The Morgan fingerprint density at radius 1 is 1.13 bits per heavy atom. The van der Waals surface area contributed by atoms with E-state index in [0.717, 1.165) is 24.5 Å². The molecule has 2 heterocycles. The van der Waals surface area contributed by atoms with E-state index in [1.54, 1.807) is 25.2 Å². The maximum atomic E-state index is 12.6. The minimum atomic E-state index is -2.85. The van der Waals surface area contributed by atoms with Crippen LogP contribution < -0.4 is 20.3 Å². The molecule has 0 unspecified atom stereocenters. The number of pyridine rings is 1. The van der Waals surface area contributed by atoms with Crippen molar-refractivity contribution in [2.45, 2.75) is 39.0 Å². The molecule has 9 heteroatoms. The molecule has 6 nitrogen and oxygen atoms in total. The number of piperidine rings is 1. The van der Waals surface area contributed by atoms with Crippen molar-refractivity contribution in [3.05, 3.63) is 53.7 Å². The van der Waals surface area contributed by atoms with Gasteiger partial charge in [0.05, 0.1) is 0 Å². The first-order valence-electron chi connectivity index (χ1n) is 9.83. The van der Waals surface area contributed by atoms with Crippen LogP contribution in [0.3, 0.4) is 0 Å². The van der Waals surface area contributed by atoms with E-state index in [4.69, 9.17) is 0 Å². The number of ether oxygens (including phenoxy) is 1. The van der Waals surface area contributed by atoms with Crippen LogP contribution in [0.2, 0.25) is 0 Å². The van der Waals surface area contributed by atoms with E-state index < -0.39 is 6.61 Å². The smallest absolute Gasteiger partial charge is 0.387 e. The molecular formula is C21H28F2IN5O. The molecule has 0 radical (unpaired) electrons. The summed E-state index contributed by atoms with van der Waals surface area (Å²) in [4.78, 5) is 11.0. The fraction of sp³-hybridized carbons (Fsp3) is 0.429. The van der Waals surface area contributed by atoms with Crippen molar-refractivity contribution in [1.29, 1.82) is 0 Å². The Labute approximate surface area is 193 Å². The standard InChI is InChI=1S/C21H27F2N5O.HI/c1-24-21(27-15-17-7-3-4-8-18(17)29-20(22)23)26-14-16-9-10-25-19(13-16)28-11-5-2-6-12-28;/h3-4,7-10,13,20H,2,5-6,11-12,14-15H2,1H3,(H2,24,26,27);1H. The van der Waals surface area contributed by atoms with Crippen molar-refractivity contribution in [3.8, 4) is 5.75 Å². The van der Waals surface area contributed by atoms with Gasteiger partial charge in [-0.15, -0.1) is 24.0 Å². The highest BCUT2D eigenvalue weighted by Gasteiger charge is 2.13. The molecule has 3 rings (SSSR count). The van der Waals surface area contributed by atoms with Crippen molar-refractivity contribution in [2.24, 2.45) is 4.99 Å². The molecular weight excluding hydrogens is 503 g/mol. The lowest BCUT2D eigenvalue weighted by atomic mass is 10.1. The second-order valence-corrected chi connectivity index (χ2v) is 6.84. The van der Waals surface area contributed by atoms with Crippen LogP contribution in [0, 0.1) is 0 Å². The number of hydrogen-bond acceptors (Lipinski definition) is 4. The Morgan fingerprint density at radius 3 is 2.60 bits per heavy atom. The van der Waals surface area contributed by atoms with Gasteiger partial charge in [-0.25, -0.2) is 4.98 Å². The average molecular weight is 531 g/mol. The fourth-order valence-corrected chi connectivity index (χ4v) is 3.31. The molecule has 1 aromatic heterocycles. The van der Waals surface area contributed by atoms with Crippen LogP contribution >= 0.6 is 24.0 Å². The Hall–Kier alpha value is -2.17. The monoisotopic (exact) mass is 531 g/mol. The number of anilines is 1. The van der Waals surface area contributed by atoms with Crippen molar-refractivity contribution >= 4 is 35.8 Å². The number of guanidine groups is 1. The van der Waals surface area contributed by atoms with Crippen LogP contribution in [0.15, 0.2) is 47.6 Å². The van der Waals surface area contributed by atoms with Crippen molar-refractivity contribution < 1.29 is 13.5 Å². The minimum Gasteiger partial charge on any atom is -0.434 e. The summed E-state index contributed by atoms with van der Waals surface area (Å²) >= 11 is 0. The van der Waals surface area contributed by atoms with E-state index in [0.29, 0.717) is 24.6 Å². The summed E-state index contributed by atoms with van der Waals surface area (Å²) in [6.45, 7) is 0.144. The molecule has 1 fully saturated rings. The van der Waals surface area contributed by atoms with Gasteiger partial charge in [-0.2, -0.15) is 8.78 Å². The van der Waals surface area contributed by atoms with Crippen molar-refractivity contribution in [2.75, 3.05) is 25.0 Å². The third kappa shape index (κ3) is 7.26. The Balaban J connectivity index is 0.00000320. The molecule has 2 N–H and O–H groups in total. The van der Waals surface area contributed by atoms with Crippen LogP contribution in [0.4, 0.5) is 14.6 Å². The highest BCUT2D eigenvalue weighted by Crippen LogP contribution is 2.20. The van der Waals surface area contributed by atoms with E-state index in [9.17, 15) is 8.78 Å². The lowest BCUT2D eigenvalue weighted by molar-refractivity contribution is -0.0504. The lowest BCUT2D eigenvalue weighted by Crippen LogP contribution is -2.36. The molecule has 0 atom stereocenters. The topological polar surface area (TPSA) is 61.8 Å². The highest BCUT2D eigenvalue weighted by atomic mass is 127. The average Bonchev–Trinajstić information content (AvgIpc) is 2.75. The first kappa shape index (κ1) is 24.1. The van der Waals surface area contributed by atoms with Gasteiger partial charge < -0.3 is 20.3 Å². The Bertz CT molecular complexity index is 815. The summed E-state index contributed by atoms with van der Waals surface area (Å²) in [5.74, 6) is 1.74. The number of benzene rings is 1. The lowest BCUT2D eigenvalue weighted by Gasteiger charge is -2.28. The summed E-state index contributed by atoms with van der Waals surface area (Å²) in [6.07, 6.45) is 5.52. The molecule has 0 spiro atoms. The second-order valence-electron chi connectivity index (χ2n) is 6.84. The van der Waals surface area contributed by atoms with Crippen LogP contribution in [0.5, 0.6) is 5.75 Å². The summed E-state index contributed by atoms with van der Waals surface area (Å²) in [5.41, 5.74) is 1.73.